The van der Waals surface area contributed by atoms with Gasteiger partial charge in [-0.05, 0) is 35.0 Å². The third-order valence-corrected chi connectivity index (χ3v) is 3.83. The van der Waals surface area contributed by atoms with Crippen molar-refractivity contribution in [1.82, 2.24) is 9.97 Å². The van der Waals surface area contributed by atoms with E-state index in [-0.39, 0.29) is 0 Å². The summed E-state index contributed by atoms with van der Waals surface area (Å²) in [7, 11) is 1.85. The fourth-order valence-corrected chi connectivity index (χ4v) is 2.09. The molecule has 0 amide bonds. The average Bonchev–Trinajstić information content (AvgIpc) is 2.33. The van der Waals surface area contributed by atoms with E-state index < -0.39 is 0 Å². The minimum Gasteiger partial charge on any atom is -0.372 e. The summed E-state index contributed by atoms with van der Waals surface area (Å²) in [6, 6.07) is 7.95. The van der Waals surface area contributed by atoms with E-state index >= 15 is 0 Å². The number of rotatable bonds is 2. The highest BCUT2D eigenvalue weighted by Crippen LogP contribution is 2.26. The molecular weight excluding hydrogens is 346 g/mol. The highest BCUT2D eigenvalue weighted by molar-refractivity contribution is 9.10. The van der Waals surface area contributed by atoms with E-state index in [0.717, 1.165) is 31.8 Å². The molecule has 0 radical (unpaired) electrons. The van der Waals surface area contributed by atoms with Crippen LogP contribution in [0.5, 0.6) is 0 Å². The molecule has 0 spiro atoms. The Morgan fingerprint density at radius 3 is 2.29 bits per heavy atom. The van der Waals surface area contributed by atoms with Crippen molar-refractivity contribution < 1.29 is 0 Å². The highest BCUT2D eigenvalue weighted by Gasteiger charge is 2.09. The summed E-state index contributed by atoms with van der Waals surface area (Å²) in [6.45, 7) is 1.95. The van der Waals surface area contributed by atoms with Crippen LogP contribution in [0.2, 0.25) is 0 Å². The van der Waals surface area contributed by atoms with Gasteiger partial charge in [-0.1, -0.05) is 28.1 Å². The molecule has 3 nitrogen and oxygen atoms in total. The second kappa shape index (κ2) is 5.14. The lowest BCUT2D eigenvalue weighted by atomic mass is 10.2. The molecule has 0 aliphatic heterocycles. The molecule has 1 aromatic heterocycles. The Morgan fingerprint density at radius 2 is 1.71 bits per heavy atom. The number of benzene rings is 1. The molecule has 0 aliphatic rings. The Bertz CT molecular complexity index is 538. The van der Waals surface area contributed by atoms with Gasteiger partial charge in [-0.25, -0.2) is 9.97 Å². The van der Waals surface area contributed by atoms with Crippen LogP contribution < -0.4 is 5.32 Å². The molecule has 0 atom stereocenters. The summed E-state index contributed by atoms with van der Waals surface area (Å²) in [5.74, 6) is 1.53. The minimum absolute atomic E-state index is 0.725. The number of hydrogen-bond acceptors (Lipinski definition) is 3. The maximum absolute atomic E-state index is 4.47. The number of halogens is 2. The van der Waals surface area contributed by atoms with Gasteiger partial charge in [0.1, 0.15) is 5.82 Å². The summed E-state index contributed by atoms with van der Waals surface area (Å²) in [5, 5.41) is 3.05. The number of aryl methyl sites for hydroxylation is 1. The third-order valence-electron chi connectivity index (χ3n) is 2.36. The second-order valence-electron chi connectivity index (χ2n) is 3.55. The molecule has 0 saturated carbocycles. The van der Waals surface area contributed by atoms with Crippen LogP contribution in [0.1, 0.15) is 5.69 Å². The van der Waals surface area contributed by atoms with E-state index in [2.05, 4.69) is 47.1 Å². The Hall–Kier alpha value is -0.940. The van der Waals surface area contributed by atoms with Gasteiger partial charge in [0.05, 0.1) is 10.2 Å². The van der Waals surface area contributed by atoms with Crippen LogP contribution in [0.3, 0.4) is 0 Å². The monoisotopic (exact) mass is 355 g/mol. The standard InChI is InChI=1S/C12H11Br2N3/c1-7-10(14)12(15-2)17-11(16-7)8-3-5-9(13)6-4-8/h3-6H,1-2H3,(H,15,16,17). The van der Waals surface area contributed by atoms with E-state index in [1.165, 1.54) is 0 Å². The summed E-state index contributed by atoms with van der Waals surface area (Å²) in [5.41, 5.74) is 1.92. The van der Waals surface area contributed by atoms with Crippen LogP contribution in [0.25, 0.3) is 11.4 Å². The van der Waals surface area contributed by atoms with Gasteiger partial charge < -0.3 is 5.32 Å². The van der Waals surface area contributed by atoms with E-state index in [4.69, 9.17) is 0 Å². The molecule has 0 saturated heterocycles. The molecule has 5 heteroatoms. The first-order chi connectivity index (χ1) is 8.11. The molecule has 0 unspecified atom stereocenters. The number of nitrogens with one attached hydrogen (secondary N) is 1. The van der Waals surface area contributed by atoms with Crippen LogP contribution in [-0.2, 0) is 0 Å². The predicted molar refractivity (Wildman–Crippen MR) is 77.2 cm³/mol. The van der Waals surface area contributed by atoms with Crippen LogP contribution in [-0.4, -0.2) is 17.0 Å². The van der Waals surface area contributed by atoms with Gasteiger partial charge in [-0.15, -0.1) is 0 Å². The lowest BCUT2D eigenvalue weighted by Crippen LogP contribution is -2.00. The van der Waals surface area contributed by atoms with Gasteiger partial charge >= 0.3 is 0 Å². The Balaban J connectivity index is 2.52. The number of hydrogen-bond donors (Lipinski definition) is 1. The molecule has 2 rings (SSSR count). The highest BCUT2D eigenvalue weighted by atomic mass is 79.9. The minimum atomic E-state index is 0.725. The van der Waals surface area contributed by atoms with Gasteiger partial charge in [0.25, 0.3) is 0 Å². The van der Waals surface area contributed by atoms with Crippen molar-refractivity contribution in [1.29, 1.82) is 0 Å². The molecule has 1 aromatic carbocycles. The molecule has 17 heavy (non-hydrogen) atoms. The molecule has 1 heterocycles. The molecular formula is C12H11Br2N3. The van der Waals surface area contributed by atoms with Crippen LogP contribution >= 0.6 is 31.9 Å². The van der Waals surface area contributed by atoms with E-state index in [0.29, 0.717) is 0 Å². The summed E-state index contributed by atoms with van der Waals surface area (Å²) in [6.07, 6.45) is 0. The molecule has 88 valence electrons. The predicted octanol–water partition coefficient (Wildman–Crippen LogP) is 4.02. The Morgan fingerprint density at radius 1 is 1.06 bits per heavy atom. The van der Waals surface area contributed by atoms with E-state index in [1.54, 1.807) is 0 Å². The summed E-state index contributed by atoms with van der Waals surface area (Å²) >= 11 is 6.88. The van der Waals surface area contributed by atoms with Crippen molar-refractivity contribution in [3.05, 3.63) is 38.9 Å². The summed E-state index contributed by atoms with van der Waals surface area (Å²) < 4.78 is 1.95. The van der Waals surface area contributed by atoms with Gasteiger partial charge in [-0.3, -0.25) is 0 Å². The fraction of sp³-hybridized carbons (Fsp3) is 0.167. The molecule has 1 N–H and O–H groups in total. The first-order valence-electron chi connectivity index (χ1n) is 5.09. The van der Waals surface area contributed by atoms with Crippen molar-refractivity contribution in [2.45, 2.75) is 6.92 Å². The average molecular weight is 357 g/mol. The maximum Gasteiger partial charge on any atom is 0.161 e. The molecule has 0 bridgehead atoms. The van der Waals surface area contributed by atoms with Crippen LogP contribution in [0.4, 0.5) is 5.82 Å². The van der Waals surface area contributed by atoms with Crippen molar-refractivity contribution >= 4 is 37.7 Å². The first kappa shape index (κ1) is 12.5. The van der Waals surface area contributed by atoms with Crippen molar-refractivity contribution in [3.8, 4) is 11.4 Å². The quantitative estimate of drug-likeness (QED) is 0.883. The normalized spacial score (nSPS) is 10.4. The zero-order chi connectivity index (χ0) is 12.4. The van der Waals surface area contributed by atoms with E-state index in [9.17, 15) is 0 Å². The van der Waals surface area contributed by atoms with Crippen molar-refractivity contribution in [3.63, 3.8) is 0 Å². The van der Waals surface area contributed by atoms with E-state index in [1.807, 2.05) is 38.2 Å². The molecule has 0 fully saturated rings. The van der Waals surface area contributed by atoms with Gasteiger partial charge in [0.15, 0.2) is 5.82 Å². The van der Waals surface area contributed by atoms with Crippen LogP contribution in [0, 0.1) is 6.92 Å². The zero-order valence-corrected chi connectivity index (χ0v) is 12.6. The third kappa shape index (κ3) is 2.66. The topological polar surface area (TPSA) is 37.8 Å². The molecule has 2 aromatic rings. The SMILES string of the molecule is CNc1nc(-c2ccc(Br)cc2)nc(C)c1Br. The van der Waals surface area contributed by atoms with Crippen molar-refractivity contribution in [2.75, 3.05) is 12.4 Å². The number of aromatic nitrogens is 2. The lowest BCUT2D eigenvalue weighted by Gasteiger charge is -2.08. The second-order valence-corrected chi connectivity index (χ2v) is 5.26. The van der Waals surface area contributed by atoms with Gasteiger partial charge in [0.2, 0.25) is 0 Å². The molecule has 0 aliphatic carbocycles. The number of nitrogens with zero attached hydrogens (tertiary/aromatic N) is 2. The zero-order valence-electron chi connectivity index (χ0n) is 9.46. The Labute approximate surface area is 117 Å². The summed E-state index contributed by atoms with van der Waals surface area (Å²) in [4.78, 5) is 8.94. The van der Waals surface area contributed by atoms with Gasteiger partial charge in [0, 0.05) is 17.1 Å². The van der Waals surface area contributed by atoms with Crippen LogP contribution in [0.15, 0.2) is 33.2 Å². The fourth-order valence-electron chi connectivity index (χ4n) is 1.45. The largest absolute Gasteiger partial charge is 0.372 e. The Kier molecular flexibility index (Phi) is 3.79. The lowest BCUT2D eigenvalue weighted by molar-refractivity contribution is 1.09. The number of anilines is 1. The first-order valence-corrected chi connectivity index (χ1v) is 6.68. The van der Waals surface area contributed by atoms with Gasteiger partial charge in [-0.2, -0.15) is 0 Å². The van der Waals surface area contributed by atoms with Crippen molar-refractivity contribution in [2.24, 2.45) is 0 Å². The maximum atomic E-state index is 4.47. The smallest absolute Gasteiger partial charge is 0.161 e.